The highest BCUT2D eigenvalue weighted by Gasteiger charge is 2.43. The van der Waals surface area contributed by atoms with Crippen molar-refractivity contribution in [3.63, 3.8) is 0 Å². The molecule has 2 aliphatic rings. The number of hydrogen-bond donors (Lipinski definition) is 0. The van der Waals surface area contributed by atoms with Crippen LogP contribution in [-0.4, -0.2) is 6.29 Å². The average Bonchev–Trinajstić information content (AvgIpc) is 2.64. The molecule has 0 amide bonds. The number of rotatable bonds is 3. The fourth-order valence-corrected chi connectivity index (χ4v) is 2.90. The number of fused-ring (bicyclic) bond motifs is 2. The highest BCUT2D eigenvalue weighted by molar-refractivity contribution is 5.57. The SMILES string of the molecule is CCC[C@@H]1[C@@H](C=O)[C@H]2C=C[C@@H]1C2. The Labute approximate surface area is 73.8 Å². The monoisotopic (exact) mass is 164 g/mol. The smallest absolute Gasteiger partial charge is 0.123 e. The molecule has 0 radical (unpaired) electrons. The summed E-state index contributed by atoms with van der Waals surface area (Å²) in [7, 11) is 0. The van der Waals surface area contributed by atoms with Crippen molar-refractivity contribution in [3.8, 4) is 0 Å². The first-order valence-electron chi connectivity index (χ1n) is 5.00. The third kappa shape index (κ3) is 1.03. The summed E-state index contributed by atoms with van der Waals surface area (Å²) >= 11 is 0. The van der Waals surface area contributed by atoms with Gasteiger partial charge < -0.3 is 4.79 Å². The van der Waals surface area contributed by atoms with Crippen LogP contribution in [0.1, 0.15) is 26.2 Å². The standard InChI is InChI=1S/C11H16O/c1-2-3-10-8-4-5-9(6-8)11(10)7-12/h4-5,7-11H,2-3,6H2,1H3/t8-,9+,10+,11+/m1/s1. The Balaban J connectivity index is 2.11. The Morgan fingerprint density at radius 3 is 2.83 bits per heavy atom. The highest BCUT2D eigenvalue weighted by Crippen LogP contribution is 2.48. The van der Waals surface area contributed by atoms with Gasteiger partial charge in [0.05, 0.1) is 0 Å². The van der Waals surface area contributed by atoms with E-state index in [9.17, 15) is 4.79 Å². The van der Waals surface area contributed by atoms with Crippen molar-refractivity contribution in [2.75, 3.05) is 0 Å². The Morgan fingerprint density at radius 1 is 1.42 bits per heavy atom. The average molecular weight is 164 g/mol. The molecule has 0 aromatic rings. The van der Waals surface area contributed by atoms with Crippen LogP contribution >= 0.6 is 0 Å². The first-order chi connectivity index (χ1) is 5.86. The Morgan fingerprint density at radius 2 is 2.17 bits per heavy atom. The molecule has 66 valence electrons. The second-order valence-corrected chi connectivity index (χ2v) is 4.11. The topological polar surface area (TPSA) is 17.1 Å². The van der Waals surface area contributed by atoms with Gasteiger partial charge in [0.15, 0.2) is 0 Å². The fourth-order valence-electron chi connectivity index (χ4n) is 2.90. The van der Waals surface area contributed by atoms with Gasteiger partial charge in [0, 0.05) is 5.92 Å². The van der Waals surface area contributed by atoms with Crippen LogP contribution < -0.4 is 0 Å². The molecule has 2 bridgehead atoms. The van der Waals surface area contributed by atoms with Gasteiger partial charge in [-0.25, -0.2) is 0 Å². The third-order valence-corrected chi connectivity index (χ3v) is 3.47. The maximum absolute atomic E-state index is 10.8. The molecule has 1 nitrogen and oxygen atoms in total. The molecule has 2 aliphatic carbocycles. The molecule has 1 fully saturated rings. The molecule has 0 heterocycles. The third-order valence-electron chi connectivity index (χ3n) is 3.47. The number of allylic oxidation sites excluding steroid dienone is 2. The van der Waals surface area contributed by atoms with E-state index in [0.717, 1.165) is 5.92 Å². The summed E-state index contributed by atoms with van der Waals surface area (Å²) in [6.07, 6.45) is 9.45. The fraction of sp³-hybridized carbons (Fsp3) is 0.727. The quantitative estimate of drug-likeness (QED) is 0.462. The molecule has 1 saturated carbocycles. The summed E-state index contributed by atoms with van der Waals surface area (Å²) in [5, 5.41) is 0. The van der Waals surface area contributed by atoms with Gasteiger partial charge in [0.2, 0.25) is 0 Å². The number of carbonyl (C=O) groups excluding carboxylic acids is 1. The van der Waals surface area contributed by atoms with E-state index >= 15 is 0 Å². The minimum atomic E-state index is 0.347. The molecule has 0 aliphatic heterocycles. The summed E-state index contributed by atoms with van der Waals surface area (Å²) in [6.45, 7) is 2.21. The van der Waals surface area contributed by atoms with Crippen molar-refractivity contribution >= 4 is 6.29 Å². The molecule has 4 atom stereocenters. The maximum atomic E-state index is 10.8. The lowest BCUT2D eigenvalue weighted by molar-refractivity contribution is -0.113. The van der Waals surface area contributed by atoms with Crippen molar-refractivity contribution < 1.29 is 4.79 Å². The number of hydrogen-bond acceptors (Lipinski definition) is 1. The zero-order valence-corrected chi connectivity index (χ0v) is 7.57. The summed E-state index contributed by atoms with van der Waals surface area (Å²) in [4.78, 5) is 10.8. The van der Waals surface area contributed by atoms with Crippen molar-refractivity contribution in [1.29, 1.82) is 0 Å². The summed E-state index contributed by atoms with van der Waals surface area (Å²) < 4.78 is 0. The van der Waals surface area contributed by atoms with E-state index in [4.69, 9.17) is 0 Å². The van der Waals surface area contributed by atoms with Crippen LogP contribution in [0.25, 0.3) is 0 Å². The van der Waals surface area contributed by atoms with Crippen molar-refractivity contribution in [1.82, 2.24) is 0 Å². The molecule has 0 N–H and O–H groups in total. The molecule has 1 heteroatoms. The van der Waals surface area contributed by atoms with Crippen molar-refractivity contribution in [2.45, 2.75) is 26.2 Å². The molecule has 0 unspecified atom stereocenters. The Kier molecular flexibility index (Phi) is 2.03. The van der Waals surface area contributed by atoms with E-state index < -0.39 is 0 Å². The lowest BCUT2D eigenvalue weighted by Crippen LogP contribution is -2.20. The second kappa shape index (κ2) is 3.04. The van der Waals surface area contributed by atoms with Gasteiger partial charge in [-0.05, 0) is 30.6 Å². The lowest BCUT2D eigenvalue weighted by Gasteiger charge is -2.22. The van der Waals surface area contributed by atoms with Gasteiger partial charge in [-0.1, -0.05) is 25.5 Å². The zero-order chi connectivity index (χ0) is 8.55. The predicted molar refractivity (Wildman–Crippen MR) is 48.7 cm³/mol. The Hall–Kier alpha value is -0.590. The highest BCUT2D eigenvalue weighted by atomic mass is 16.1. The lowest BCUT2D eigenvalue weighted by atomic mass is 9.81. The van der Waals surface area contributed by atoms with Gasteiger partial charge >= 0.3 is 0 Å². The van der Waals surface area contributed by atoms with E-state index in [1.807, 2.05) is 0 Å². The van der Waals surface area contributed by atoms with Crippen LogP contribution in [0.4, 0.5) is 0 Å². The molecule has 0 aromatic heterocycles. The van der Waals surface area contributed by atoms with Crippen molar-refractivity contribution in [3.05, 3.63) is 12.2 Å². The number of aldehydes is 1. The van der Waals surface area contributed by atoms with E-state index in [0.29, 0.717) is 17.8 Å². The maximum Gasteiger partial charge on any atom is 0.123 e. The molecular weight excluding hydrogens is 148 g/mol. The zero-order valence-electron chi connectivity index (χ0n) is 7.57. The van der Waals surface area contributed by atoms with Crippen LogP contribution in [0, 0.1) is 23.7 Å². The normalized spacial score (nSPS) is 43.8. The van der Waals surface area contributed by atoms with E-state index in [-0.39, 0.29) is 0 Å². The van der Waals surface area contributed by atoms with E-state index in [2.05, 4.69) is 19.1 Å². The summed E-state index contributed by atoms with van der Waals surface area (Å²) in [6, 6.07) is 0. The van der Waals surface area contributed by atoms with Crippen molar-refractivity contribution in [2.24, 2.45) is 23.7 Å². The molecule has 12 heavy (non-hydrogen) atoms. The molecular formula is C11H16O. The minimum Gasteiger partial charge on any atom is -0.303 e. The van der Waals surface area contributed by atoms with Gasteiger partial charge in [-0.3, -0.25) is 0 Å². The summed E-state index contributed by atoms with van der Waals surface area (Å²) in [5.41, 5.74) is 0. The van der Waals surface area contributed by atoms with Crippen LogP contribution in [0.3, 0.4) is 0 Å². The molecule has 0 saturated heterocycles. The molecule has 0 aromatic carbocycles. The largest absolute Gasteiger partial charge is 0.303 e. The van der Waals surface area contributed by atoms with Crippen LogP contribution in [0.5, 0.6) is 0 Å². The second-order valence-electron chi connectivity index (χ2n) is 4.11. The van der Waals surface area contributed by atoms with Crippen LogP contribution in [-0.2, 0) is 4.79 Å². The first kappa shape index (κ1) is 8.03. The van der Waals surface area contributed by atoms with E-state index in [1.54, 1.807) is 0 Å². The molecule has 0 spiro atoms. The Bertz CT molecular complexity index is 207. The minimum absolute atomic E-state index is 0.347. The molecule has 2 rings (SSSR count). The van der Waals surface area contributed by atoms with Crippen LogP contribution in [0.15, 0.2) is 12.2 Å². The summed E-state index contributed by atoms with van der Waals surface area (Å²) in [5.74, 6) is 2.33. The van der Waals surface area contributed by atoms with Gasteiger partial charge in [-0.2, -0.15) is 0 Å². The predicted octanol–water partition coefficient (Wildman–Crippen LogP) is 2.42. The number of carbonyl (C=O) groups is 1. The van der Waals surface area contributed by atoms with Gasteiger partial charge in [0.25, 0.3) is 0 Å². The van der Waals surface area contributed by atoms with E-state index in [1.165, 1.54) is 25.5 Å². The first-order valence-corrected chi connectivity index (χ1v) is 5.00. The van der Waals surface area contributed by atoms with Gasteiger partial charge in [0.1, 0.15) is 6.29 Å². The van der Waals surface area contributed by atoms with Gasteiger partial charge in [-0.15, -0.1) is 0 Å². The van der Waals surface area contributed by atoms with Crippen LogP contribution in [0.2, 0.25) is 0 Å².